The number of piperidine rings is 1. The molecular formula is C23H25FN4O2S. The molecule has 0 aliphatic carbocycles. The Morgan fingerprint density at radius 2 is 2.00 bits per heavy atom. The summed E-state index contributed by atoms with van der Waals surface area (Å²) in [7, 11) is 0. The van der Waals surface area contributed by atoms with Gasteiger partial charge in [0.25, 0.3) is 5.91 Å². The fourth-order valence-electron chi connectivity index (χ4n) is 3.70. The van der Waals surface area contributed by atoms with E-state index in [1.54, 1.807) is 30.4 Å². The molecule has 0 bridgehead atoms. The van der Waals surface area contributed by atoms with E-state index >= 15 is 0 Å². The van der Waals surface area contributed by atoms with Crippen LogP contribution in [0.3, 0.4) is 0 Å². The topological polar surface area (TPSA) is 74.3 Å². The minimum atomic E-state index is -0.407. The first-order chi connectivity index (χ1) is 15.0. The van der Waals surface area contributed by atoms with Gasteiger partial charge in [-0.05, 0) is 49.6 Å². The van der Waals surface area contributed by atoms with E-state index in [-0.39, 0.29) is 29.8 Å². The number of aromatic nitrogens is 1. The van der Waals surface area contributed by atoms with E-state index in [1.165, 1.54) is 6.07 Å². The maximum absolute atomic E-state index is 13.6. The maximum Gasteiger partial charge on any atom is 0.251 e. The summed E-state index contributed by atoms with van der Waals surface area (Å²) in [5.41, 5.74) is 1.75. The molecule has 31 heavy (non-hydrogen) atoms. The number of nitrogens with one attached hydrogen (secondary N) is 2. The molecule has 2 aromatic carbocycles. The Bertz CT molecular complexity index is 1070. The molecule has 8 heteroatoms. The Labute approximate surface area is 184 Å². The van der Waals surface area contributed by atoms with Gasteiger partial charge < -0.3 is 15.5 Å². The molecular weight excluding hydrogens is 415 g/mol. The maximum atomic E-state index is 13.6. The van der Waals surface area contributed by atoms with E-state index < -0.39 is 5.82 Å². The van der Waals surface area contributed by atoms with Crippen LogP contribution in [0.25, 0.3) is 10.2 Å². The molecule has 162 valence electrons. The summed E-state index contributed by atoms with van der Waals surface area (Å²) in [6, 6.07) is 12.4. The third-order valence-corrected chi connectivity index (χ3v) is 6.59. The summed E-state index contributed by atoms with van der Waals surface area (Å²) in [6.07, 6.45) is 1.77. The number of hydrogen-bond acceptors (Lipinski definition) is 5. The molecule has 0 unspecified atom stereocenters. The van der Waals surface area contributed by atoms with Crippen LogP contribution in [0.1, 0.15) is 28.8 Å². The molecule has 2 N–H and O–H groups in total. The van der Waals surface area contributed by atoms with Crippen LogP contribution >= 0.6 is 11.3 Å². The van der Waals surface area contributed by atoms with Gasteiger partial charge in [0, 0.05) is 31.7 Å². The second-order valence-corrected chi connectivity index (χ2v) is 8.77. The first kappa shape index (κ1) is 21.2. The largest absolute Gasteiger partial charge is 0.354 e. The van der Waals surface area contributed by atoms with Crippen molar-refractivity contribution in [3.05, 3.63) is 59.4 Å². The molecule has 1 aromatic heterocycles. The fourth-order valence-corrected chi connectivity index (χ4v) is 4.70. The summed E-state index contributed by atoms with van der Waals surface area (Å²) in [6.45, 7) is 3.80. The summed E-state index contributed by atoms with van der Waals surface area (Å²) in [5, 5.41) is 6.58. The first-order valence-electron chi connectivity index (χ1n) is 10.4. The van der Waals surface area contributed by atoms with Gasteiger partial charge in [0.15, 0.2) is 5.13 Å². The monoisotopic (exact) mass is 440 g/mol. The number of carbonyl (C=O) groups is 2. The Kier molecular flexibility index (Phi) is 6.46. The zero-order valence-electron chi connectivity index (χ0n) is 17.4. The highest BCUT2D eigenvalue weighted by Gasteiger charge is 2.27. The van der Waals surface area contributed by atoms with Crippen molar-refractivity contribution in [3.8, 4) is 0 Å². The van der Waals surface area contributed by atoms with Crippen LogP contribution in [0.2, 0.25) is 0 Å². The normalized spacial score (nSPS) is 16.3. The van der Waals surface area contributed by atoms with Crippen molar-refractivity contribution in [2.24, 2.45) is 5.92 Å². The molecule has 2 heterocycles. The number of amides is 2. The Morgan fingerprint density at radius 1 is 1.19 bits per heavy atom. The lowest BCUT2D eigenvalue weighted by Gasteiger charge is -2.31. The zero-order valence-corrected chi connectivity index (χ0v) is 18.2. The standard InChI is InChI=1S/C23H25FN4O2S/c1-15-8-9-16(13-18(15)24)21(29)25-10-11-26-22(30)17-5-4-12-28(14-17)23-27-19-6-2-3-7-20(19)31-23/h2-3,6-9,13,17H,4-5,10-12,14H2,1H3,(H,25,29)(H,26,30)/t17-/m0/s1. The highest BCUT2D eigenvalue weighted by molar-refractivity contribution is 7.22. The van der Waals surface area contributed by atoms with E-state index in [0.717, 1.165) is 34.7 Å². The van der Waals surface area contributed by atoms with Crippen LogP contribution in [-0.4, -0.2) is 43.0 Å². The molecule has 0 radical (unpaired) electrons. The van der Waals surface area contributed by atoms with Gasteiger partial charge in [-0.25, -0.2) is 9.37 Å². The summed E-state index contributed by atoms with van der Waals surface area (Å²) >= 11 is 1.65. The third-order valence-electron chi connectivity index (χ3n) is 5.49. The highest BCUT2D eigenvalue weighted by atomic mass is 32.1. The van der Waals surface area contributed by atoms with Crippen LogP contribution in [0.5, 0.6) is 0 Å². The summed E-state index contributed by atoms with van der Waals surface area (Å²) < 4.78 is 14.8. The van der Waals surface area contributed by atoms with Crippen molar-refractivity contribution >= 4 is 38.5 Å². The number of fused-ring (bicyclic) bond motifs is 1. The predicted molar refractivity (Wildman–Crippen MR) is 121 cm³/mol. The number of thiazole rings is 1. The molecule has 2 amide bonds. The summed E-state index contributed by atoms with van der Waals surface area (Å²) in [4.78, 5) is 31.6. The number of benzene rings is 2. The first-order valence-corrected chi connectivity index (χ1v) is 11.3. The number of carbonyl (C=O) groups excluding carboxylic acids is 2. The van der Waals surface area contributed by atoms with Gasteiger partial charge in [-0.15, -0.1) is 0 Å². The van der Waals surface area contributed by atoms with Gasteiger partial charge in [-0.3, -0.25) is 9.59 Å². The van der Waals surface area contributed by atoms with Crippen molar-refractivity contribution in [2.45, 2.75) is 19.8 Å². The van der Waals surface area contributed by atoms with Gasteiger partial charge in [0.1, 0.15) is 5.82 Å². The molecule has 6 nitrogen and oxygen atoms in total. The number of rotatable bonds is 6. The molecule has 0 spiro atoms. The Hall–Kier alpha value is -3.00. The van der Waals surface area contributed by atoms with E-state index in [9.17, 15) is 14.0 Å². The van der Waals surface area contributed by atoms with Crippen molar-refractivity contribution in [3.63, 3.8) is 0 Å². The van der Waals surface area contributed by atoms with Gasteiger partial charge in [0.05, 0.1) is 16.1 Å². The van der Waals surface area contributed by atoms with Crippen LogP contribution in [0, 0.1) is 18.7 Å². The molecule has 0 saturated carbocycles. The van der Waals surface area contributed by atoms with Gasteiger partial charge in [-0.2, -0.15) is 0 Å². The zero-order chi connectivity index (χ0) is 21.8. The average molecular weight is 441 g/mol. The van der Waals surface area contributed by atoms with E-state index in [1.807, 2.05) is 18.2 Å². The number of hydrogen-bond donors (Lipinski definition) is 2. The van der Waals surface area contributed by atoms with Crippen molar-refractivity contribution in [1.29, 1.82) is 0 Å². The quantitative estimate of drug-likeness (QED) is 0.576. The molecule has 1 fully saturated rings. The molecule has 3 aromatic rings. The Balaban J connectivity index is 1.25. The number of aryl methyl sites for hydroxylation is 1. The lowest BCUT2D eigenvalue weighted by molar-refractivity contribution is -0.125. The van der Waals surface area contributed by atoms with E-state index in [4.69, 9.17) is 4.98 Å². The second-order valence-electron chi connectivity index (χ2n) is 7.76. The van der Waals surface area contributed by atoms with Crippen LogP contribution in [0.15, 0.2) is 42.5 Å². The van der Waals surface area contributed by atoms with Gasteiger partial charge in [0.2, 0.25) is 5.91 Å². The smallest absolute Gasteiger partial charge is 0.251 e. The average Bonchev–Trinajstić information content (AvgIpc) is 3.23. The van der Waals surface area contributed by atoms with Gasteiger partial charge in [-0.1, -0.05) is 29.5 Å². The van der Waals surface area contributed by atoms with E-state index in [0.29, 0.717) is 18.7 Å². The number of halogens is 1. The molecule has 1 aliphatic heterocycles. The van der Waals surface area contributed by atoms with Crippen molar-refractivity contribution < 1.29 is 14.0 Å². The molecule has 1 saturated heterocycles. The van der Waals surface area contributed by atoms with Crippen molar-refractivity contribution in [2.75, 3.05) is 31.1 Å². The minimum Gasteiger partial charge on any atom is -0.354 e. The Morgan fingerprint density at radius 3 is 2.81 bits per heavy atom. The van der Waals surface area contributed by atoms with Gasteiger partial charge >= 0.3 is 0 Å². The predicted octanol–water partition coefficient (Wildman–Crippen LogP) is 3.51. The summed E-state index contributed by atoms with van der Waals surface area (Å²) in [5.74, 6) is -0.882. The molecule has 1 atom stereocenters. The second kappa shape index (κ2) is 9.43. The SMILES string of the molecule is Cc1ccc(C(=O)NCCNC(=O)[C@H]2CCCN(c3nc4ccccc4s3)C2)cc1F. The highest BCUT2D eigenvalue weighted by Crippen LogP contribution is 2.31. The number of anilines is 1. The number of nitrogens with zero attached hydrogens (tertiary/aromatic N) is 2. The van der Waals surface area contributed by atoms with Crippen LogP contribution in [0.4, 0.5) is 9.52 Å². The minimum absolute atomic E-state index is 0.0126. The number of para-hydroxylation sites is 1. The fraction of sp³-hybridized carbons (Fsp3) is 0.348. The van der Waals surface area contributed by atoms with Crippen LogP contribution in [-0.2, 0) is 4.79 Å². The van der Waals surface area contributed by atoms with E-state index in [2.05, 4.69) is 21.6 Å². The third kappa shape index (κ3) is 5.02. The van der Waals surface area contributed by atoms with Crippen LogP contribution < -0.4 is 15.5 Å². The molecule has 4 rings (SSSR count). The lowest BCUT2D eigenvalue weighted by Crippen LogP contribution is -2.44. The lowest BCUT2D eigenvalue weighted by atomic mass is 9.97. The molecule has 1 aliphatic rings. The van der Waals surface area contributed by atoms with Crippen molar-refractivity contribution in [1.82, 2.24) is 15.6 Å².